The first kappa shape index (κ1) is 20.2. The average molecular weight is 409 g/mol. The Balaban J connectivity index is 1.71. The SMILES string of the molecule is CCC/C=C/N=C(Nc1ccc(O)cc1)c1nc2c(cc1C)OCC1COCCN21. The van der Waals surface area contributed by atoms with Gasteiger partial charge in [-0.2, -0.15) is 0 Å². The van der Waals surface area contributed by atoms with Gasteiger partial charge < -0.3 is 24.8 Å². The van der Waals surface area contributed by atoms with E-state index in [9.17, 15) is 5.11 Å². The van der Waals surface area contributed by atoms with Gasteiger partial charge in [0.1, 0.15) is 18.1 Å². The van der Waals surface area contributed by atoms with E-state index in [0.29, 0.717) is 25.7 Å². The van der Waals surface area contributed by atoms with Crippen LogP contribution in [0.5, 0.6) is 11.5 Å². The number of phenolic OH excluding ortho intramolecular Hbond substituents is 1. The molecule has 0 aliphatic carbocycles. The van der Waals surface area contributed by atoms with Crippen molar-refractivity contribution in [2.24, 2.45) is 4.99 Å². The number of allylic oxidation sites excluding steroid dienone is 1. The van der Waals surface area contributed by atoms with Crippen LogP contribution in [0.1, 0.15) is 31.0 Å². The number of fused-ring (bicyclic) bond motifs is 3. The second kappa shape index (κ2) is 9.17. The van der Waals surface area contributed by atoms with Crippen molar-refractivity contribution in [3.8, 4) is 11.5 Å². The Morgan fingerprint density at radius 2 is 2.17 bits per heavy atom. The van der Waals surface area contributed by atoms with Crippen LogP contribution < -0.4 is 15.0 Å². The summed E-state index contributed by atoms with van der Waals surface area (Å²) in [5, 5.41) is 12.9. The first-order valence-electron chi connectivity index (χ1n) is 10.4. The number of aromatic nitrogens is 1. The number of morpholine rings is 1. The number of aromatic hydroxyl groups is 1. The largest absolute Gasteiger partial charge is 0.508 e. The number of nitrogens with zero attached hydrogens (tertiary/aromatic N) is 3. The lowest BCUT2D eigenvalue weighted by molar-refractivity contribution is 0.0697. The number of aryl methyl sites for hydroxylation is 1. The molecule has 2 N–H and O–H groups in total. The van der Waals surface area contributed by atoms with Gasteiger partial charge in [0.15, 0.2) is 17.4 Å². The van der Waals surface area contributed by atoms with E-state index in [4.69, 9.17) is 14.5 Å². The maximum atomic E-state index is 9.58. The third kappa shape index (κ3) is 4.41. The fourth-order valence-electron chi connectivity index (χ4n) is 3.59. The second-order valence-electron chi connectivity index (χ2n) is 7.53. The molecule has 2 aromatic rings. The molecule has 1 fully saturated rings. The summed E-state index contributed by atoms with van der Waals surface area (Å²) in [5.41, 5.74) is 2.59. The predicted molar refractivity (Wildman–Crippen MR) is 119 cm³/mol. The Hall–Kier alpha value is -3.06. The third-order valence-corrected chi connectivity index (χ3v) is 5.21. The minimum Gasteiger partial charge on any atom is -0.508 e. The molecule has 0 saturated carbocycles. The second-order valence-corrected chi connectivity index (χ2v) is 7.53. The van der Waals surface area contributed by atoms with E-state index in [1.165, 1.54) is 0 Å². The third-order valence-electron chi connectivity index (χ3n) is 5.21. The molecule has 1 aromatic heterocycles. The summed E-state index contributed by atoms with van der Waals surface area (Å²) in [6.07, 6.45) is 5.91. The van der Waals surface area contributed by atoms with Crippen LogP contribution in [0.3, 0.4) is 0 Å². The van der Waals surface area contributed by atoms with Crippen molar-refractivity contribution in [3.05, 3.63) is 53.9 Å². The smallest absolute Gasteiger partial charge is 0.172 e. The number of pyridine rings is 1. The molecule has 1 atom stereocenters. The fraction of sp³-hybridized carbons (Fsp3) is 0.391. The average Bonchev–Trinajstić information content (AvgIpc) is 2.77. The minimum atomic E-state index is 0.184. The number of hydrogen-bond donors (Lipinski definition) is 2. The maximum absolute atomic E-state index is 9.58. The summed E-state index contributed by atoms with van der Waals surface area (Å²) in [7, 11) is 0. The summed E-state index contributed by atoms with van der Waals surface area (Å²) in [6.45, 7) is 6.90. The Morgan fingerprint density at radius 3 is 2.97 bits per heavy atom. The summed E-state index contributed by atoms with van der Waals surface area (Å²) in [5.74, 6) is 2.53. The number of benzene rings is 1. The molecule has 158 valence electrons. The highest BCUT2D eigenvalue weighted by Crippen LogP contribution is 2.35. The first-order valence-corrected chi connectivity index (χ1v) is 10.4. The number of aliphatic imine (C=N–C) groups is 1. The molecule has 2 aliphatic rings. The zero-order valence-electron chi connectivity index (χ0n) is 17.5. The van der Waals surface area contributed by atoms with E-state index in [0.717, 1.165) is 47.9 Å². The summed E-state index contributed by atoms with van der Waals surface area (Å²) >= 11 is 0. The van der Waals surface area contributed by atoms with Gasteiger partial charge in [-0.15, -0.1) is 0 Å². The van der Waals surface area contributed by atoms with Crippen molar-refractivity contribution in [3.63, 3.8) is 0 Å². The molecule has 4 rings (SSSR count). The van der Waals surface area contributed by atoms with Gasteiger partial charge in [0, 0.05) is 18.4 Å². The molecule has 3 heterocycles. The normalized spacial score (nSPS) is 18.7. The quantitative estimate of drug-likeness (QED) is 0.444. The van der Waals surface area contributed by atoms with Crippen molar-refractivity contribution >= 4 is 17.3 Å². The fourth-order valence-corrected chi connectivity index (χ4v) is 3.59. The molecule has 0 amide bonds. The maximum Gasteiger partial charge on any atom is 0.172 e. The molecule has 0 spiro atoms. The number of phenols is 1. The predicted octanol–water partition coefficient (Wildman–Crippen LogP) is 3.87. The van der Waals surface area contributed by atoms with Crippen molar-refractivity contribution in [2.45, 2.75) is 32.7 Å². The summed E-state index contributed by atoms with van der Waals surface area (Å²) in [4.78, 5) is 11.9. The van der Waals surface area contributed by atoms with E-state index < -0.39 is 0 Å². The lowest BCUT2D eigenvalue weighted by atomic mass is 10.1. The van der Waals surface area contributed by atoms with Crippen LogP contribution in [0.4, 0.5) is 11.5 Å². The minimum absolute atomic E-state index is 0.184. The van der Waals surface area contributed by atoms with E-state index in [2.05, 4.69) is 22.1 Å². The Morgan fingerprint density at radius 1 is 1.33 bits per heavy atom. The molecule has 1 aromatic carbocycles. The van der Waals surface area contributed by atoms with Crippen LogP contribution in [-0.4, -0.2) is 48.3 Å². The van der Waals surface area contributed by atoms with Crippen LogP contribution in [0, 0.1) is 6.92 Å². The van der Waals surface area contributed by atoms with Gasteiger partial charge in [-0.25, -0.2) is 9.98 Å². The molecule has 2 aliphatic heterocycles. The Kier molecular flexibility index (Phi) is 6.18. The number of hydrogen-bond acceptors (Lipinski definition) is 6. The van der Waals surface area contributed by atoms with Crippen molar-refractivity contribution in [1.29, 1.82) is 0 Å². The number of nitrogens with one attached hydrogen (secondary N) is 1. The molecular formula is C23H28N4O3. The van der Waals surface area contributed by atoms with Crippen LogP contribution in [-0.2, 0) is 4.74 Å². The van der Waals surface area contributed by atoms with E-state index in [1.807, 2.05) is 37.4 Å². The number of amidine groups is 1. The number of rotatable bonds is 5. The molecule has 7 nitrogen and oxygen atoms in total. The van der Waals surface area contributed by atoms with Gasteiger partial charge in [0.05, 0.1) is 19.3 Å². The highest BCUT2D eigenvalue weighted by molar-refractivity contribution is 6.08. The molecule has 0 bridgehead atoms. The van der Waals surface area contributed by atoms with Crippen LogP contribution in [0.2, 0.25) is 0 Å². The molecule has 7 heteroatoms. The van der Waals surface area contributed by atoms with E-state index >= 15 is 0 Å². The molecule has 0 radical (unpaired) electrons. The van der Waals surface area contributed by atoms with Gasteiger partial charge in [0.2, 0.25) is 0 Å². The van der Waals surface area contributed by atoms with Crippen molar-refractivity contribution < 1.29 is 14.6 Å². The molecular weight excluding hydrogens is 380 g/mol. The lowest BCUT2D eigenvalue weighted by Crippen LogP contribution is -2.51. The van der Waals surface area contributed by atoms with Crippen molar-refractivity contribution in [2.75, 3.05) is 36.6 Å². The summed E-state index contributed by atoms with van der Waals surface area (Å²) in [6, 6.07) is 9.14. The van der Waals surface area contributed by atoms with Crippen molar-refractivity contribution in [1.82, 2.24) is 4.98 Å². The first-order chi connectivity index (χ1) is 14.7. The Bertz CT molecular complexity index is 940. The highest BCUT2D eigenvalue weighted by Gasteiger charge is 2.32. The zero-order chi connectivity index (χ0) is 20.9. The number of ether oxygens (including phenoxy) is 2. The van der Waals surface area contributed by atoms with Gasteiger partial charge in [-0.05, 0) is 49.2 Å². The molecule has 1 unspecified atom stereocenters. The number of anilines is 2. The van der Waals surface area contributed by atoms with Gasteiger partial charge in [-0.1, -0.05) is 19.4 Å². The number of unbranched alkanes of at least 4 members (excludes halogenated alkanes) is 1. The molecule has 1 saturated heterocycles. The van der Waals surface area contributed by atoms with E-state index in [1.54, 1.807) is 12.1 Å². The van der Waals surface area contributed by atoms with Gasteiger partial charge >= 0.3 is 0 Å². The van der Waals surface area contributed by atoms with Gasteiger partial charge in [-0.3, -0.25) is 0 Å². The highest BCUT2D eigenvalue weighted by atomic mass is 16.5. The lowest BCUT2D eigenvalue weighted by Gasteiger charge is -2.40. The Labute approximate surface area is 177 Å². The topological polar surface area (TPSA) is 79.2 Å². The summed E-state index contributed by atoms with van der Waals surface area (Å²) < 4.78 is 11.6. The van der Waals surface area contributed by atoms with Crippen LogP contribution >= 0.6 is 0 Å². The van der Waals surface area contributed by atoms with E-state index in [-0.39, 0.29) is 11.8 Å². The molecule has 30 heavy (non-hydrogen) atoms. The van der Waals surface area contributed by atoms with Crippen LogP contribution in [0.25, 0.3) is 0 Å². The van der Waals surface area contributed by atoms with Gasteiger partial charge in [0.25, 0.3) is 0 Å². The standard InChI is InChI=1S/C23H28N4O3/c1-3-4-5-10-24-22(25-17-6-8-19(28)9-7-17)21-16(2)13-20-23(26-21)27-11-12-29-14-18(27)15-30-20/h5-10,13,18,28H,3-4,11-12,14-15H2,1-2H3,(H,24,25)/b10-5+. The van der Waals surface area contributed by atoms with Crippen LogP contribution in [0.15, 0.2) is 47.6 Å². The zero-order valence-corrected chi connectivity index (χ0v) is 17.5. The monoisotopic (exact) mass is 408 g/mol.